The first-order chi connectivity index (χ1) is 13.6. The quantitative estimate of drug-likeness (QED) is 0.756. The highest BCUT2D eigenvalue weighted by molar-refractivity contribution is 6.30. The van der Waals surface area contributed by atoms with Crippen molar-refractivity contribution in [1.29, 1.82) is 0 Å². The smallest absolute Gasteiger partial charge is 0.156 e. The Balaban J connectivity index is 1.61. The lowest BCUT2D eigenvalue weighted by atomic mass is 9.96. The molecule has 0 saturated carbocycles. The molecule has 28 heavy (non-hydrogen) atoms. The van der Waals surface area contributed by atoms with Crippen LogP contribution in [0.1, 0.15) is 38.7 Å². The molecule has 148 valence electrons. The van der Waals surface area contributed by atoms with E-state index in [2.05, 4.69) is 45.3 Å². The monoisotopic (exact) mass is 397 g/mol. The second-order valence-electron chi connectivity index (χ2n) is 7.87. The molecule has 6 heteroatoms. The van der Waals surface area contributed by atoms with Gasteiger partial charge in [0.2, 0.25) is 0 Å². The third kappa shape index (κ3) is 4.15. The van der Waals surface area contributed by atoms with E-state index < -0.39 is 0 Å². The number of halogens is 1. The number of aromatic nitrogens is 2. The number of nitrogens with one attached hydrogen (secondary N) is 2. The molecule has 0 bridgehead atoms. The van der Waals surface area contributed by atoms with Gasteiger partial charge in [0.1, 0.15) is 0 Å². The molecule has 1 saturated heterocycles. The summed E-state index contributed by atoms with van der Waals surface area (Å²) in [5.41, 5.74) is 4.58. The lowest BCUT2D eigenvalue weighted by Crippen LogP contribution is -2.42. The number of nitrogens with zero attached hydrogens (tertiary/aromatic N) is 3. The van der Waals surface area contributed by atoms with Gasteiger partial charge in [-0.1, -0.05) is 23.7 Å². The molecular formula is C22H28ClN5. The summed E-state index contributed by atoms with van der Waals surface area (Å²) >= 11 is 6.08. The molecule has 0 unspecified atom stereocenters. The summed E-state index contributed by atoms with van der Waals surface area (Å²) in [5.74, 6) is 0.953. The van der Waals surface area contributed by atoms with Gasteiger partial charge in [-0.25, -0.2) is 0 Å². The molecule has 2 N–H and O–H groups in total. The van der Waals surface area contributed by atoms with Gasteiger partial charge in [0.05, 0.1) is 5.69 Å². The van der Waals surface area contributed by atoms with E-state index in [1.165, 1.54) is 11.1 Å². The van der Waals surface area contributed by atoms with Crippen molar-refractivity contribution in [3.63, 3.8) is 0 Å². The Morgan fingerprint density at radius 3 is 2.57 bits per heavy atom. The molecular weight excluding hydrogens is 370 g/mol. The van der Waals surface area contributed by atoms with Gasteiger partial charge in [0.25, 0.3) is 0 Å². The van der Waals surface area contributed by atoms with E-state index in [1.807, 2.05) is 30.5 Å². The molecule has 2 aromatic rings. The number of aliphatic imine (C=N–C) groups is 1. The van der Waals surface area contributed by atoms with Crippen LogP contribution in [0.15, 0.2) is 35.3 Å². The average Bonchev–Trinajstić information content (AvgIpc) is 3.13. The van der Waals surface area contributed by atoms with E-state index in [-0.39, 0.29) is 0 Å². The maximum atomic E-state index is 6.08. The maximum absolute atomic E-state index is 6.08. The summed E-state index contributed by atoms with van der Waals surface area (Å²) in [6.45, 7) is 7.64. The van der Waals surface area contributed by atoms with E-state index in [0.29, 0.717) is 12.1 Å². The number of anilines is 1. The Hall–Kier alpha value is -2.11. The Labute approximate surface area is 171 Å². The van der Waals surface area contributed by atoms with Crippen LogP contribution in [-0.4, -0.2) is 53.0 Å². The van der Waals surface area contributed by atoms with Crippen LogP contribution in [0.2, 0.25) is 5.02 Å². The largest absolute Gasteiger partial charge is 0.365 e. The topological polar surface area (TPSA) is 56.3 Å². The van der Waals surface area contributed by atoms with E-state index in [1.54, 1.807) is 0 Å². The fraction of sp³-hybridized carbons (Fsp3) is 0.455. The summed E-state index contributed by atoms with van der Waals surface area (Å²) in [5, 5.41) is 12.4. The van der Waals surface area contributed by atoms with Gasteiger partial charge >= 0.3 is 0 Å². The van der Waals surface area contributed by atoms with Crippen LogP contribution >= 0.6 is 11.6 Å². The Kier molecular flexibility index (Phi) is 5.83. The van der Waals surface area contributed by atoms with E-state index in [9.17, 15) is 0 Å². The van der Waals surface area contributed by atoms with Gasteiger partial charge in [0.15, 0.2) is 5.82 Å². The van der Waals surface area contributed by atoms with Crippen molar-refractivity contribution in [2.75, 3.05) is 25.0 Å². The van der Waals surface area contributed by atoms with Crippen LogP contribution in [0.3, 0.4) is 0 Å². The number of dihydropyridines is 1. The van der Waals surface area contributed by atoms with Crippen LogP contribution in [-0.2, 0) is 0 Å². The zero-order chi connectivity index (χ0) is 19.5. The number of rotatable bonds is 5. The minimum absolute atomic E-state index is 0.452. The van der Waals surface area contributed by atoms with Gasteiger partial charge in [-0.2, -0.15) is 5.10 Å². The van der Waals surface area contributed by atoms with Crippen molar-refractivity contribution in [3.05, 3.63) is 40.9 Å². The second-order valence-corrected chi connectivity index (χ2v) is 8.31. The van der Waals surface area contributed by atoms with Crippen LogP contribution < -0.4 is 5.32 Å². The molecule has 1 aromatic carbocycles. The third-order valence-electron chi connectivity index (χ3n) is 5.71. The third-order valence-corrected chi connectivity index (χ3v) is 5.96. The molecule has 0 spiro atoms. The summed E-state index contributed by atoms with van der Waals surface area (Å²) in [7, 11) is 0. The number of allylic oxidation sites excluding steroid dienone is 1. The number of likely N-dealkylation sites (tertiary alicyclic amines) is 1. The molecule has 5 nitrogen and oxygen atoms in total. The van der Waals surface area contributed by atoms with E-state index in [0.717, 1.165) is 61.0 Å². The number of piperidine rings is 1. The lowest BCUT2D eigenvalue weighted by molar-refractivity contribution is 0.177. The van der Waals surface area contributed by atoms with Gasteiger partial charge in [-0.05, 0) is 56.9 Å². The maximum Gasteiger partial charge on any atom is 0.156 e. The molecule has 4 rings (SSSR count). The van der Waals surface area contributed by atoms with Crippen molar-refractivity contribution >= 4 is 29.2 Å². The van der Waals surface area contributed by atoms with Crippen molar-refractivity contribution < 1.29 is 0 Å². The highest BCUT2D eigenvalue weighted by atomic mass is 35.5. The van der Waals surface area contributed by atoms with Crippen molar-refractivity contribution in [2.45, 2.75) is 45.2 Å². The lowest BCUT2D eigenvalue weighted by Gasteiger charge is -2.35. The Bertz CT molecular complexity index is 858. The zero-order valence-electron chi connectivity index (χ0n) is 16.6. The zero-order valence-corrected chi connectivity index (χ0v) is 17.3. The van der Waals surface area contributed by atoms with E-state index >= 15 is 0 Å². The number of aromatic amines is 1. The summed E-state index contributed by atoms with van der Waals surface area (Å²) in [6.07, 6.45) is 7.22. The second kappa shape index (κ2) is 8.50. The standard InChI is InChI=1S/C22H28ClN5/c1-15(2)28-13-9-19(10-14-28)25-22-20(16-7-11-24-12-8-16)21(26-27-22)17-3-5-18(23)6-4-17/h3-7,11,15,19H,8-10,12-14H2,1-2H3,(H2,25,26,27). The van der Waals surface area contributed by atoms with Crippen LogP contribution in [0.5, 0.6) is 0 Å². The van der Waals surface area contributed by atoms with Crippen molar-refractivity contribution in [2.24, 2.45) is 4.99 Å². The molecule has 0 aliphatic carbocycles. The van der Waals surface area contributed by atoms with Crippen molar-refractivity contribution in [3.8, 4) is 11.3 Å². The highest BCUT2D eigenvalue weighted by Crippen LogP contribution is 2.36. The molecule has 1 aromatic heterocycles. The van der Waals surface area contributed by atoms with Crippen LogP contribution in [0.4, 0.5) is 5.82 Å². The fourth-order valence-electron chi connectivity index (χ4n) is 4.03. The normalized spacial score (nSPS) is 18.5. The predicted octanol–water partition coefficient (Wildman–Crippen LogP) is 4.87. The Morgan fingerprint density at radius 1 is 1.18 bits per heavy atom. The summed E-state index contributed by atoms with van der Waals surface area (Å²) < 4.78 is 0. The van der Waals surface area contributed by atoms with Gasteiger partial charge in [-0.3, -0.25) is 10.1 Å². The number of H-pyrrole nitrogens is 1. The molecule has 2 aliphatic rings. The first-order valence-electron chi connectivity index (χ1n) is 10.2. The molecule has 0 radical (unpaired) electrons. The highest BCUT2D eigenvalue weighted by Gasteiger charge is 2.25. The Morgan fingerprint density at radius 2 is 1.93 bits per heavy atom. The minimum atomic E-state index is 0.452. The number of benzene rings is 1. The first-order valence-corrected chi connectivity index (χ1v) is 10.5. The minimum Gasteiger partial charge on any atom is -0.365 e. The molecule has 0 atom stereocenters. The first kappa shape index (κ1) is 19.2. The van der Waals surface area contributed by atoms with Gasteiger partial charge < -0.3 is 10.2 Å². The molecule has 0 amide bonds. The van der Waals surface area contributed by atoms with Crippen LogP contribution in [0.25, 0.3) is 16.8 Å². The molecule has 3 heterocycles. The van der Waals surface area contributed by atoms with E-state index in [4.69, 9.17) is 11.6 Å². The summed E-state index contributed by atoms with van der Waals surface area (Å²) in [4.78, 5) is 6.89. The van der Waals surface area contributed by atoms with Crippen molar-refractivity contribution in [1.82, 2.24) is 15.1 Å². The summed E-state index contributed by atoms with van der Waals surface area (Å²) in [6, 6.07) is 9.00. The van der Waals surface area contributed by atoms with Crippen LogP contribution in [0, 0.1) is 0 Å². The number of hydrogen-bond acceptors (Lipinski definition) is 4. The van der Waals surface area contributed by atoms with Gasteiger partial charge in [-0.15, -0.1) is 0 Å². The van der Waals surface area contributed by atoms with Gasteiger partial charge in [0, 0.05) is 54.1 Å². The average molecular weight is 398 g/mol. The molecule has 1 fully saturated rings. The predicted molar refractivity (Wildman–Crippen MR) is 118 cm³/mol. The number of hydrogen-bond donors (Lipinski definition) is 2. The molecule has 2 aliphatic heterocycles. The fourth-order valence-corrected chi connectivity index (χ4v) is 4.16. The SMILES string of the molecule is CC(C)N1CCC(Nc2n[nH]c(-c3ccc(Cl)cc3)c2C2=CC=NCC2)CC1.